The molecule has 0 bridgehead atoms. The van der Waals surface area contributed by atoms with Crippen LogP contribution in [-0.2, 0) is 0 Å². The summed E-state index contributed by atoms with van der Waals surface area (Å²) >= 11 is 9.63. The SMILES string of the molecule is CNC(c1ccc(Cl)cc1Br)C1CCCCC1. The van der Waals surface area contributed by atoms with Crippen molar-refractivity contribution in [1.82, 2.24) is 5.32 Å². The van der Waals surface area contributed by atoms with Gasteiger partial charge in [-0.1, -0.05) is 52.9 Å². The van der Waals surface area contributed by atoms with Gasteiger partial charge in [0.15, 0.2) is 0 Å². The van der Waals surface area contributed by atoms with Crippen molar-refractivity contribution in [3.05, 3.63) is 33.3 Å². The summed E-state index contributed by atoms with van der Waals surface area (Å²) in [5.74, 6) is 0.756. The summed E-state index contributed by atoms with van der Waals surface area (Å²) in [6, 6.07) is 6.56. The molecule has 1 unspecified atom stereocenters. The maximum atomic E-state index is 6.00. The molecule has 0 saturated heterocycles. The highest BCUT2D eigenvalue weighted by atomic mass is 79.9. The highest BCUT2D eigenvalue weighted by Crippen LogP contribution is 2.37. The Hall–Kier alpha value is -0.0500. The van der Waals surface area contributed by atoms with Gasteiger partial charge in [-0.15, -0.1) is 0 Å². The predicted molar refractivity (Wildman–Crippen MR) is 77.5 cm³/mol. The second kappa shape index (κ2) is 6.21. The Bertz CT molecular complexity index is 374. The van der Waals surface area contributed by atoms with E-state index >= 15 is 0 Å². The van der Waals surface area contributed by atoms with Gasteiger partial charge in [0.25, 0.3) is 0 Å². The summed E-state index contributed by atoms with van der Waals surface area (Å²) in [5, 5.41) is 4.27. The molecule has 0 radical (unpaired) electrons. The van der Waals surface area contributed by atoms with Crippen LogP contribution in [0.25, 0.3) is 0 Å². The summed E-state index contributed by atoms with van der Waals surface area (Å²) in [4.78, 5) is 0. The van der Waals surface area contributed by atoms with Crippen LogP contribution in [0.3, 0.4) is 0 Å². The lowest BCUT2D eigenvalue weighted by atomic mass is 9.81. The summed E-state index contributed by atoms with van der Waals surface area (Å²) in [7, 11) is 2.06. The second-order valence-corrected chi connectivity index (χ2v) is 6.12. The number of hydrogen-bond acceptors (Lipinski definition) is 1. The molecule has 1 fully saturated rings. The molecule has 1 aliphatic carbocycles. The van der Waals surface area contributed by atoms with Crippen LogP contribution >= 0.6 is 27.5 Å². The van der Waals surface area contributed by atoms with Crippen molar-refractivity contribution in [2.24, 2.45) is 5.92 Å². The second-order valence-electron chi connectivity index (χ2n) is 4.83. The van der Waals surface area contributed by atoms with Gasteiger partial charge < -0.3 is 5.32 Å². The number of hydrogen-bond donors (Lipinski definition) is 1. The van der Waals surface area contributed by atoms with E-state index in [2.05, 4.69) is 34.4 Å². The molecule has 1 aromatic carbocycles. The van der Waals surface area contributed by atoms with E-state index in [-0.39, 0.29) is 0 Å². The molecule has 3 heteroatoms. The minimum absolute atomic E-state index is 0.446. The van der Waals surface area contributed by atoms with Gasteiger partial charge in [0, 0.05) is 15.5 Å². The summed E-state index contributed by atoms with van der Waals surface area (Å²) in [6.07, 6.45) is 6.80. The lowest BCUT2D eigenvalue weighted by Crippen LogP contribution is -2.27. The monoisotopic (exact) mass is 315 g/mol. The summed E-state index contributed by atoms with van der Waals surface area (Å²) in [6.45, 7) is 0. The van der Waals surface area contributed by atoms with Crippen LogP contribution in [0.5, 0.6) is 0 Å². The fourth-order valence-electron chi connectivity index (χ4n) is 2.87. The molecule has 1 aliphatic rings. The van der Waals surface area contributed by atoms with Crippen molar-refractivity contribution < 1.29 is 0 Å². The van der Waals surface area contributed by atoms with Gasteiger partial charge in [0.1, 0.15) is 0 Å². The van der Waals surface area contributed by atoms with Gasteiger partial charge in [-0.25, -0.2) is 0 Å². The maximum Gasteiger partial charge on any atom is 0.0417 e. The zero-order valence-electron chi connectivity index (χ0n) is 10.2. The summed E-state index contributed by atoms with van der Waals surface area (Å²) < 4.78 is 1.12. The van der Waals surface area contributed by atoms with Crippen molar-refractivity contribution >= 4 is 27.5 Å². The van der Waals surface area contributed by atoms with Crippen LogP contribution < -0.4 is 5.32 Å². The molecule has 1 nitrogen and oxygen atoms in total. The van der Waals surface area contributed by atoms with E-state index in [1.807, 2.05) is 12.1 Å². The Balaban J connectivity index is 2.21. The van der Waals surface area contributed by atoms with E-state index < -0.39 is 0 Å². The van der Waals surface area contributed by atoms with Gasteiger partial charge in [-0.3, -0.25) is 0 Å². The topological polar surface area (TPSA) is 12.0 Å². The van der Waals surface area contributed by atoms with Crippen LogP contribution in [0, 0.1) is 5.92 Å². The van der Waals surface area contributed by atoms with Gasteiger partial charge in [0.05, 0.1) is 0 Å². The van der Waals surface area contributed by atoms with Gasteiger partial charge in [0.2, 0.25) is 0 Å². The number of benzene rings is 1. The highest BCUT2D eigenvalue weighted by Gasteiger charge is 2.25. The predicted octanol–water partition coefficient (Wildman–Crippen LogP) is 4.94. The van der Waals surface area contributed by atoms with Crippen molar-refractivity contribution in [3.63, 3.8) is 0 Å². The van der Waals surface area contributed by atoms with Gasteiger partial charge in [-0.05, 0) is 43.5 Å². The number of halogens is 2. The number of nitrogens with one attached hydrogen (secondary N) is 1. The van der Waals surface area contributed by atoms with Crippen molar-refractivity contribution in [3.8, 4) is 0 Å². The first-order valence-corrected chi connectivity index (χ1v) is 7.51. The van der Waals surface area contributed by atoms with Crippen molar-refractivity contribution in [1.29, 1.82) is 0 Å². The Kier molecular flexibility index (Phi) is 4.89. The van der Waals surface area contributed by atoms with Gasteiger partial charge >= 0.3 is 0 Å². The lowest BCUT2D eigenvalue weighted by Gasteiger charge is -2.31. The minimum atomic E-state index is 0.446. The molecule has 2 rings (SSSR count). The molecule has 0 aliphatic heterocycles. The highest BCUT2D eigenvalue weighted by molar-refractivity contribution is 9.10. The first kappa shape index (κ1) is 13.4. The zero-order valence-corrected chi connectivity index (χ0v) is 12.5. The van der Waals surface area contributed by atoms with Crippen LogP contribution in [0.1, 0.15) is 43.7 Å². The third-order valence-electron chi connectivity index (χ3n) is 3.73. The van der Waals surface area contributed by atoms with Crippen molar-refractivity contribution in [2.45, 2.75) is 38.1 Å². The maximum absolute atomic E-state index is 6.00. The van der Waals surface area contributed by atoms with E-state index in [9.17, 15) is 0 Å². The molecule has 17 heavy (non-hydrogen) atoms. The van der Waals surface area contributed by atoms with Crippen LogP contribution in [-0.4, -0.2) is 7.05 Å². The van der Waals surface area contributed by atoms with E-state index in [1.165, 1.54) is 37.7 Å². The normalized spacial score (nSPS) is 19.2. The van der Waals surface area contributed by atoms with E-state index in [1.54, 1.807) is 0 Å². The van der Waals surface area contributed by atoms with E-state index in [4.69, 9.17) is 11.6 Å². The molecule has 0 heterocycles. The quantitative estimate of drug-likeness (QED) is 0.832. The first-order valence-electron chi connectivity index (χ1n) is 6.34. The minimum Gasteiger partial charge on any atom is -0.313 e. The lowest BCUT2D eigenvalue weighted by molar-refractivity contribution is 0.281. The molecule has 0 aromatic heterocycles. The fourth-order valence-corrected chi connectivity index (χ4v) is 3.80. The summed E-state index contributed by atoms with van der Waals surface area (Å²) in [5.41, 5.74) is 1.34. The Morgan fingerprint density at radius 1 is 1.29 bits per heavy atom. The number of rotatable bonds is 3. The van der Waals surface area contributed by atoms with Gasteiger partial charge in [-0.2, -0.15) is 0 Å². The molecular weight excluding hydrogens is 298 g/mol. The fraction of sp³-hybridized carbons (Fsp3) is 0.571. The zero-order chi connectivity index (χ0) is 12.3. The average Bonchev–Trinajstić information content (AvgIpc) is 2.34. The van der Waals surface area contributed by atoms with Crippen LogP contribution in [0.2, 0.25) is 5.02 Å². The Morgan fingerprint density at radius 3 is 2.59 bits per heavy atom. The molecular formula is C14H19BrClN. The molecule has 1 saturated carbocycles. The molecule has 0 spiro atoms. The molecule has 0 amide bonds. The third-order valence-corrected chi connectivity index (χ3v) is 4.65. The molecule has 1 N–H and O–H groups in total. The van der Waals surface area contributed by atoms with Crippen LogP contribution in [0.4, 0.5) is 0 Å². The first-order chi connectivity index (χ1) is 8.22. The Labute approximate surface area is 117 Å². The van der Waals surface area contributed by atoms with E-state index in [0.717, 1.165) is 15.4 Å². The average molecular weight is 317 g/mol. The largest absolute Gasteiger partial charge is 0.313 e. The molecule has 94 valence electrons. The molecule has 1 atom stereocenters. The van der Waals surface area contributed by atoms with E-state index in [0.29, 0.717) is 6.04 Å². The Morgan fingerprint density at radius 2 is 2.00 bits per heavy atom. The third kappa shape index (κ3) is 3.24. The molecule has 1 aromatic rings. The van der Waals surface area contributed by atoms with Crippen molar-refractivity contribution in [2.75, 3.05) is 7.05 Å². The van der Waals surface area contributed by atoms with Crippen LogP contribution in [0.15, 0.2) is 22.7 Å². The standard InChI is InChI=1S/C14H19BrClN/c1-17-14(10-5-3-2-4-6-10)12-8-7-11(16)9-13(12)15/h7-10,14,17H,2-6H2,1H3. The smallest absolute Gasteiger partial charge is 0.0417 e.